The van der Waals surface area contributed by atoms with Gasteiger partial charge in [-0.1, -0.05) is 29.8 Å². The molecule has 1 fully saturated rings. The third-order valence-electron chi connectivity index (χ3n) is 8.13. The molecule has 2 aliphatic heterocycles. The van der Waals surface area contributed by atoms with E-state index in [2.05, 4.69) is 33.5 Å². The molecule has 0 aliphatic carbocycles. The quantitative estimate of drug-likeness (QED) is 0.372. The number of pyridine rings is 1. The van der Waals surface area contributed by atoms with Gasteiger partial charge in [-0.25, -0.2) is 13.4 Å². The Morgan fingerprint density at radius 3 is 2.52 bits per heavy atom. The molecule has 1 atom stereocenters. The number of amides is 2. The molecule has 5 rings (SSSR count). The average molecular weight is 610 g/mol. The van der Waals surface area contributed by atoms with Crippen molar-refractivity contribution in [3.05, 3.63) is 76.4 Å². The summed E-state index contributed by atoms with van der Waals surface area (Å²) in [5, 5.41) is 6.16. The molecule has 0 radical (unpaired) electrons. The molecule has 0 spiro atoms. The molecule has 1 unspecified atom stereocenters. The second kappa shape index (κ2) is 12.3. The van der Waals surface area contributed by atoms with E-state index in [1.54, 1.807) is 44.2 Å². The van der Waals surface area contributed by atoms with Crippen LogP contribution in [0.25, 0.3) is 0 Å². The van der Waals surface area contributed by atoms with Gasteiger partial charge in [0.05, 0.1) is 22.7 Å². The Morgan fingerprint density at radius 1 is 1.05 bits per heavy atom. The molecule has 3 heterocycles. The van der Waals surface area contributed by atoms with E-state index >= 15 is 0 Å². The first-order valence-electron chi connectivity index (χ1n) is 14.2. The minimum Gasteiger partial charge on any atom is -0.356 e. The predicted molar refractivity (Wildman–Crippen MR) is 166 cm³/mol. The standard InChI is InChI=1S/C31H36ClN5O4S/c1-20-7-6-13-34-30(20)36-15-11-23(12-16-36)10-14-33-29(38)19-27-31(39)35-25-8-4-5-9-26(25)37(27)42(40,41)28-18-21(2)24(32)17-22(28)3/h4-9,13,17-18,23,27H,10-12,14-16,19H2,1-3H3,(H,33,38)(H,35,39). The number of benzene rings is 2. The zero-order valence-corrected chi connectivity index (χ0v) is 25.6. The first kappa shape index (κ1) is 29.8. The maximum Gasteiger partial charge on any atom is 0.265 e. The zero-order valence-electron chi connectivity index (χ0n) is 24.1. The molecular formula is C31H36ClN5O4S. The van der Waals surface area contributed by atoms with Crippen molar-refractivity contribution in [3.8, 4) is 0 Å². The number of nitrogens with zero attached hydrogens (tertiary/aromatic N) is 3. The number of halogens is 1. The zero-order chi connectivity index (χ0) is 30.0. The lowest BCUT2D eigenvalue weighted by molar-refractivity contribution is -0.125. The lowest BCUT2D eigenvalue weighted by Crippen LogP contribution is -2.53. The number of carbonyl (C=O) groups is 2. The number of rotatable bonds is 8. The minimum absolute atomic E-state index is 0.0477. The van der Waals surface area contributed by atoms with Crippen LogP contribution >= 0.6 is 11.6 Å². The van der Waals surface area contributed by atoms with Crippen molar-refractivity contribution in [2.75, 3.05) is 34.2 Å². The highest BCUT2D eigenvalue weighted by Crippen LogP contribution is 2.38. The molecule has 2 aromatic carbocycles. The Kier molecular flexibility index (Phi) is 8.75. The molecule has 0 saturated carbocycles. The third-order valence-corrected chi connectivity index (χ3v) is 10.5. The molecule has 1 saturated heterocycles. The third kappa shape index (κ3) is 6.10. The molecule has 222 valence electrons. The van der Waals surface area contributed by atoms with Gasteiger partial charge in [-0.2, -0.15) is 0 Å². The van der Waals surface area contributed by atoms with E-state index < -0.39 is 22.0 Å². The van der Waals surface area contributed by atoms with Gasteiger partial charge in [0.2, 0.25) is 11.8 Å². The molecule has 42 heavy (non-hydrogen) atoms. The fourth-order valence-electron chi connectivity index (χ4n) is 5.78. The van der Waals surface area contributed by atoms with E-state index in [1.807, 2.05) is 12.3 Å². The van der Waals surface area contributed by atoms with E-state index in [-0.39, 0.29) is 17.2 Å². The average Bonchev–Trinajstić information content (AvgIpc) is 2.96. The van der Waals surface area contributed by atoms with Crippen LogP contribution in [-0.4, -0.2) is 50.9 Å². The Hall–Kier alpha value is -3.63. The Bertz CT molecular complexity index is 1600. The smallest absolute Gasteiger partial charge is 0.265 e. The van der Waals surface area contributed by atoms with Gasteiger partial charge in [0.1, 0.15) is 11.9 Å². The molecule has 9 nitrogen and oxygen atoms in total. The maximum atomic E-state index is 14.1. The summed E-state index contributed by atoms with van der Waals surface area (Å²) >= 11 is 6.24. The summed E-state index contributed by atoms with van der Waals surface area (Å²) in [6.45, 7) is 7.74. The molecule has 11 heteroatoms. The van der Waals surface area contributed by atoms with Crippen LogP contribution in [0.4, 0.5) is 17.2 Å². The fraction of sp³-hybridized carbons (Fsp3) is 0.387. The van der Waals surface area contributed by atoms with E-state index in [0.717, 1.165) is 48.0 Å². The van der Waals surface area contributed by atoms with Gasteiger partial charge in [0.15, 0.2) is 0 Å². The summed E-state index contributed by atoms with van der Waals surface area (Å²) < 4.78 is 29.3. The molecular weight excluding hydrogens is 574 g/mol. The lowest BCUT2D eigenvalue weighted by Gasteiger charge is -2.37. The van der Waals surface area contributed by atoms with Crippen LogP contribution in [-0.2, 0) is 19.6 Å². The van der Waals surface area contributed by atoms with Crippen LogP contribution in [0.15, 0.2) is 59.6 Å². The number of aryl methyl sites for hydroxylation is 3. The molecule has 0 bridgehead atoms. The SMILES string of the molecule is Cc1cc(S(=O)(=O)N2c3ccccc3NC(=O)C2CC(=O)NCCC2CCN(c3ncccc3C)CC2)c(C)cc1Cl. The number of aromatic nitrogens is 1. The molecule has 2 amide bonds. The number of anilines is 3. The highest BCUT2D eigenvalue weighted by Gasteiger charge is 2.42. The van der Waals surface area contributed by atoms with Gasteiger partial charge < -0.3 is 15.5 Å². The summed E-state index contributed by atoms with van der Waals surface area (Å²) in [7, 11) is -4.22. The number of fused-ring (bicyclic) bond motifs is 1. The summed E-state index contributed by atoms with van der Waals surface area (Å²) in [4.78, 5) is 33.2. The summed E-state index contributed by atoms with van der Waals surface area (Å²) in [5.41, 5.74) is 2.91. The number of nitrogens with one attached hydrogen (secondary N) is 2. The van der Waals surface area contributed by atoms with Crippen LogP contribution in [0.2, 0.25) is 5.02 Å². The second-order valence-corrected chi connectivity index (χ2v) is 13.3. The number of carbonyl (C=O) groups excluding carboxylic acids is 2. The van der Waals surface area contributed by atoms with Crippen LogP contribution < -0.4 is 19.8 Å². The van der Waals surface area contributed by atoms with Crippen molar-refractivity contribution >= 4 is 50.6 Å². The van der Waals surface area contributed by atoms with Gasteiger partial charge in [-0.05, 0) is 93.0 Å². The van der Waals surface area contributed by atoms with E-state index in [1.165, 1.54) is 6.07 Å². The number of hydrogen-bond acceptors (Lipinski definition) is 6. The second-order valence-electron chi connectivity index (χ2n) is 11.1. The van der Waals surface area contributed by atoms with Crippen LogP contribution in [0, 0.1) is 26.7 Å². The van der Waals surface area contributed by atoms with Gasteiger partial charge in [-0.3, -0.25) is 13.9 Å². The first-order chi connectivity index (χ1) is 20.1. The van der Waals surface area contributed by atoms with Gasteiger partial charge >= 0.3 is 0 Å². The number of para-hydroxylation sites is 2. The highest BCUT2D eigenvalue weighted by atomic mass is 35.5. The Morgan fingerprint density at radius 2 is 1.79 bits per heavy atom. The summed E-state index contributed by atoms with van der Waals surface area (Å²) in [6.07, 6.45) is 4.33. The van der Waals surface area contributed by atoms with Crippen molar-refractivity contribution in [2.24, 2.45) is 5.92 Å². The fourth-order valence-corrected chi connectivity index (χ4v) is 7.92. The normalized spacial score (nSPS) is 17.5. The van der Waals surface area contributed by atoms with E-state index in [9.17, 15) is 18.0 Å². The number of piperidine rings is 1. The lowest BCUT2D eigenvalue weighted by atomic mass is 9.93. The number of sulfonamides is 1. The van der Waals surface area contributed by atoms with Gasteiger partial charge in [0.25, 0.3) is 10.0 Å². The van der Waals surface area contributed by atoms with Crippen LogP contribution in [0.3, 0.4) is 0 Å². The largest absolute Gasteiger partial charge is 0.356 e. The van der Waals surface area contributed by atoms with E-state index in [0.29, 0.717) is 40.0 Å². The van der Waals surface area contributed by atoms with Crippen LogP contribution in [0.5, 0.6) is 0 Å². The molecule has 2 N–H and O–H groups in total. The Labute approximate surface area is 252 Å². The van der Waals surface area contributed by atoms with Crippen molar-refractivity contribution < 1.29 is 18.0 Å². The topological polar surface area (TPSA) is 112 Å². The van der Waals surface area contributed by atoms with Gasteiger partial charge in [0, 0.05) is 30.9 Å². The first-order valence-corrected chi connectivity index (χ1v) is 16.0. The van der Waals surface area contributed by atoms with Crippen molar-refractivity contribution in [2.45, 2.75) is 57.4 Å². The Balaban J connectivity index is 1.26. The van der Waals surface area contributed by atoms with Crippen molar-refractivity contribution in [1.29, 1.82) is 0 Å². The highest BCUT2D eigenvalue weighted by molar-refractivity contribution is 7.93. The monoisotopic (exact) mass is 609 g/mol. The van der Waals surface area contributed by atoms with Crippen molar-refractivity contribution in [1.82, 2.24) is 10.3 Å². The predicted octanol–water partition coefficient (Wildman–Crippen LogP) is 4.99. The summed E-state index contributed by atoms with van der Waals surface area (Å²) in [6, 6.07) is 12.6. The van der Waals surface area contributed by atoms with Crippen molar-refractivity contribution in [3.63, 3.8) is 0 Å². The molecule has 3 aromatic rings. The molecule has 2 aliphatic rings. The van der Waals surface area contributed by atoms with E-state index in [4.69, 9.17) is 11.6 Å². The van der Waals surface area contributed by atoms with Gasteiger partial charge in [-0.15, -0.1) is 0 Å². The molecule has 1 aromatic heterocycles. The minimum atomic E-state index is -4.22. The maximum absolute atomic E-state index is 14.1. The van der Waals surface area contributed by atoms with Crippen LogP contribution in [0.1, 0.15) is 42.4 Å². The number of hydrogen-bond donors (Lipinski definition) is 2. The summed E-state index contributed by atoms with van der Waals surface area (Å²) in [5.74, 6) is 0.566.